The molecular weight excluding hydrogens is 296 g/mol. The molecule has 0 radical (unpaired) electrons. The molecule has 0 atom stereocenters. The Hall–Kier alpha value is -1.67. The van der Waals surface area contributed by atoms with Gasteiger partial charge in [-0.1, -0.05) is 29.2 Å². The van der Waals surface area contributed by atoms with Gasteiger partial charge in [0.05, 0.1) is 5.75 Å². The summed E-state index contributed by atoms with van der Waals surface area (Å²) in [6, 6.07) is 5.85. The Morgan fingerprint density at radius 3 is 3.00 bits per heavy atom. The van der Waals surface area contributed by atoms with Crippen molar-refractivity contribution in [2.75, 3.05) is 24.2 Å². The van der Waals surface area contributed by atoms with Gasteiger partial charge in [-0.15, -0.1) is 10.2 Å². The fourth-order valence-electron chi connectivity index (χ4n) is 1.46. The Morgan fingerprint density at radius 2 is 2.30 bits per heavy atom. The van der Waals surface area contributed by atoms with Crippen LogP contribution in [0.5, 0.6) is 0 Å². The second kappa shape index (κ2) is 7.20. The fourth-order valence-corrected chi connectivity index (χ4v) is 3.01. The van der Waals surface area contributed by atoms with Crippen molar-refractivity contribution in [3.05, 3.63) is 30.1 Å². The van der Waals surface area contributed by atoms with Gasteiger partial charge in [0.15, 0.2) is 4.34 Å². The summed E-state index contributed by atoms with van der Waals surface area (Å²) in [7, 11) is 1.94. The van der Waals surface area contributed by atoms with Crippen LogP contribution in [0.4, 0.5) is 5.13 Å². The van der Waals surface area contributed by atoms with Crippen LogP contribution in [0.3, 0.4) is 0 Å². The number of carbonyl (C=O) groups is 1. The van der Waals surface area contributed by atoms with E-state index in [4.69, 9.17) is 5.11 Å². The predicted octanol–water partition coefficient (Wildman–Crippen LogP) is 1.79. The van der Waals surface area contributed by atoms with Crippen LogP contribution in [0, 0.1) is 0 Å². The normalized spacial score (nSPS) is 10.4. The maximum Gasteiger partial charge on any atom is 0.313 e. The quantitative estimate of drug-likeness (QED) is 0.781. The van der Waals surface area contributed by atoms with Crippen LogP contribution >= 0.6 is 23.1 Å². The molecule has 0 saturated heterocycles. The number of carboxylic acid groups (broad SMARTS) is 1. The molecule has 2 aromatic rings. The highest BCUT2D eigenvalue weighted by Gasteiger charge is 2.10. The highest BCUT2D eigenvalue weighted by atomic mass is 32.2. The molecule has 2 rings (SSSR count). The molecular formula is C12H14N4O2S2. The summed E-state index contributed by atoms with van der Waals surface area (Å²) in [4.78, 5) is 16.8. The monoisotopic (exact) mass is 310 g/mol. The van der Waals surface area contributed by atoms with E-state index in [-0.39, 0.29) is 5.75 Å². The van der Waals surface area contributed by atoms with Crippen molar-refractivity contribution in [1.82, 2.24) is 15.2 Å². The first-order valence-electron chi connectivity index (χ1n) is 5.94. The van der Waals surface area contributed by atoms with Crippen molar-refractivity contribution in [2.45, 2.75) is 10.8 Å². The van der Waals surface area contributed by atoms with Gasteiger partial charge in [0, 0.05) is 31.9 Å². The lowest BCUT2D eigenvalue weighted by atomic mass is 10.2. The average molecular weight is 310 g/mol. The first-order chi connectivity index (χ1) is 9.65. The Kier molecular flexibility index (Phi) is 5.31. The largest absolute Gasteiger partial charge is 0.481 e. The van der Waals surface area contributed by atoms with Crippen LogP contribution in [0.25, 0.3) is 0 Å². The summed E-state index contributed by atoms with van der Waals surface area (Å²) in [6.45, 7) is 0.787. The molecule has 0 fully saturated rings. The number of rotatable bonds is 7. The Balaban J connectivity index is 1.86. The van der Waals surface area contributed by atoms with E-state index in [9.17, 15) is 4.79 Å². The van der Waals surface area contributed by atoms with Crippen LogP contribution in [-0.4, -0.2) is 45.6 Å². The lowest BCUT2D eigenvalue weighted by Gasteiger charge is -2.14. The van der Waals surface area contributed by atoms with Crippen LogP contribution in [0.15, 0.2) is 28.7 Å². The first kappa shape index (κ1) is 14.7. The van der Waals surface area contributed by atoms with Gasteiger partial charge in [-0.2, -0.15) is 0 Å². The zero-order valence-corrected chi connectivity index (χ0v) is 12.5. The van der Waals surface area contributed by atoms with Gasteiger partial charge in [0.25, 0.3) is 0 Å². The summed E-state index contributed by atoms with van der Waals surface area (Å²) in [5, 5.41) is 17.4. The van der Waals surface area contributed by atoms with Gasteiger partial charge in [0.1, 0.15) is 0 Å². The van der Waals surface area contributed by atoms with Crippen molar-refractivity contribution >= 4 is 34.2 Å². The van der Waals surface area contributed by atoms with Crippen LogP contribution < -0.4 is 4.90 Å². The predicted molar refractivity (Wildman–Crippen MR) is 79.5 cm³/mol. The molecule has 2 heterocycles. The zero-order valence-electron chi connectivity index (χ0n) is 10.9. The summed E-state index contributed by atoms with van der Waals surface area (Å²) in [6.07, 6.45) is 2.61. The molecule has 20 heavy (non-hydrogen) atoms. The molecule has 8 heteroatoms. The molecule has 6 nitrogen and oxygen atoms in total. The lowest BCUT2D eigenvalue weighted by molar-refractivity contribution is -0.133. The van der Waals surface area contributed by atoms with E-state index < -0.39 is 5.97 Å². The van der Waals surface area contributed by atoms with E-state index in [0.717, 1.165) is 23.8 Å². The number of aromatic nitrogens is 3. The number of hydrogen-bond donors (Lipinski definition) is 1. The summed E-state index contributed by atoms with van der Waals surface area (Å²) >= 11 is 2.59. The molecule has 2 aromatic heterocycles. The van der Waals surface area contributed by atoms with Crippen LogP contribution in [0.1, 0.15) is 5.69 Å². The van der Waals surface area contributed by atoms with Crippen molar-refractivity contribution in [3.63, 3.8) is 0 Å². The second-order valence-electron chi connectivity index (χ2n) is 4.03. The maximum atomic E-state index is 10.5. The molecule has 106 valence electrons. The van der Waals surface area contributed by atoms with E-state index in [0.29, 0.717) is 4.34 Å². The van der Waals surface area contributed by atoms with Gasteiger partial charge in [-0.05, 0) is 12.1 Å². The molecule has 0 amide bonds. The molecule has 0 saturated carbocycles. The summed E-state index contributed by atoms with van der Waals surface area (Å²) in [5.74, 6) is -0.845. The van der Waals surface area contributed by atoms with Crippen molar-refractivity contribution < 1.29 is 9.90 Å². The molecule has 0 aliphatic heterocycles. The van der Waals surface area contributed by atoms with Crippen LogP contribution in [0.2, 0.25) is 0 Å². The average Bonchev–Trinajstić information content (AvgIpc) is 2.92. The number of anilines is 1. The lowest BCUT2D eigenvalue weighted by Crippen LogP contribution is -2.20. The fraction of sp³-hybridized carbons (Fsp3) is 0.333. The summed E-state index contributed by atoms with van der Waals surface area (Å²) in [5.41, 5.74) is 1.03. The molecule has 0 aromatic carbocycles. The Labute approximate surface area is 124 Å². The SMILES string of the molecule is CN(CCc1ccccn1)c1nnc(SCC(=O)O)s1. The molecule has 1 N–H and O–H groups in total. The van der Waals surface area contributed by atoms with Gasteiger partial charge >= 0.3 is 5.97 Å². The molecule has 0 spiro atoms. The zero-order chi connectivity index (χ0) is 14.4. The number of carboxylic acids is 1. The number of likely N-dealkylation sites (N-methyl/N-ethyl adjacent to an activating group) is 1. The number of pyridine rings is 1. The van der Waals surface area contributed by atoms with E-state index >= 15 is 0 Å². The van der Waals surface area contributed by atoms with Crippen LogP contribution in [-0.2, 0) is 11.2 Å². The van der Waals surface area contributed by atoms with E-state index in [2.05, 4.69) is 15.2 Å². The number of aliphatic carboxylic acids is 1. The number of thioether (sulfide) groups is 1. The Bertz CT molecular complexity index is 562. The smallest absolute Gasteiger partial charge is 0.313 e. The van der Waals surface area contributed by atoms with Gasteiger partial charge < -0.3 is 10.0 Å². The van der Waals surface area contributed by atoms with Gasteiger partial charge in [-0.3, -0.25) is 9.78 Å². The van der Waals surface area contributed by atoms with Crippen molar-refractivity contribution in [2.24, 2.45) is 0 Å². The minimum Gasteiger partial charge on any atom is -0.481 e. The van der Waals surface area contributed by atoms with Crippen molar-refractivity contribution in [3.8, 4) is 0 Å². The van der Waals surface area contributed by atoms with Gasteiger partial charge in [-0.25, -0.2) is 0 Å². The molecule has 0 bridgehead atoms. The third-order valence-electron chi connectivity index (χ3n) is 2.47. The first-order valence-corrected chi connectivity index (χ1v) is 7.74. The second-order valence-corrected chi connectivity index (χ2v) is 6.20. The third-order valence-corrected chi connectivity index (χ3v) is 4.63. The van der Waals surface area contributed by atoms with E-state index in [1.165, 1.54) is 23.1 Å². The van der Waals surface area contributed by atoms with E-state index in [1.807, 2.05) is 30.1 Å². The minimum absolute atomic E-state index is 0.00623. The Morgan fingerprint density at radius 1 is 1.45 bits per heavy atom. The summed E-state index contributed by atoms with van der Waals surface area (Å²) < 4.78 is 0.673. The van der Waals surface area contributed by atoms with Gasteiger partial charge in [0.2, 0.25) is 5.13 Å². The maximum absolute atomic E-state index is 10.5. The number of nitrogens with zero attached hydrogens (tertiary/aromatic N) is 4. The topological polar surface area (TPSA) is 79.2 Å². The molecule has 0 aliphatic carbocycles. The highest BCUT2D eigenvalue weighted by molar-refractivity contribution is 8.01. The molecule has 0 aliphatic rings. The standard InChI is InChI=1S/C12H14N4O2S2/c1-16(7-5-9-4-2-3-6-13-9)11-14-15-12(20-11)19-8-10(17)18/h2-4,6H,5,7-8H2,1H3,(H,17,18). The third kappa shape index (κ3) is 4.46. The molecule has 0 unspecified atom stereocenters. The highest BCUT2D eigenvalue weighted by Crippen LogP contribution is 2.27. The van der Waals surface area contributed by atoms with E-state index in [1.54, 1.807) is 6.20 Å². The van der Waals surface area contributed by atoms with Crippen molar-refractivity contribution in [1.29, 1.82) is 0 Å². The minimum atomic E-state index is -0.852. The number of hydrogen-bond acceptors (Lipinski definition) is 7.